The normalized spacial score (nSPS) is 15.2. The monoisotopic (exact) mass is 478 g/mol. The molecule has 3 rings (SSSR count). The van der Waals surface area contributed by atoms with Gasteiger partial charge in [-0.3, -0.25) is 14.3 Å². The Bertz CT molecular complexity index is 1070. The summed E-state index contributed by atoms with van der Waals surface area (Å²) in [6.45, 7) is 3.40. The van der Waals surface area contributed by atoms with Gasteiger partial charge in [0.25, 0.3) is 0 Å². The Morgan fingerprint density at radius 3 is 2.25 bits per heavy atom. The lowest BCUT2D eigenvalue weighted by atomic mass is 10.0. The number of carbonyl (C=O) groups is 2. The second-order valence-corrected chi connectivity index (χ2v) is 9.97. The van der Waals surface area contributed by atoms with Crippen LogP contribution in [0.3, 0.4) is 0 Å². The number of piperazine rings is 1. The number of hydrogen-bond acceptors (Lipinski definition) is 5. The quantitative estimate of drug-likeness (QED) is 0.635. The molecule has 172 valence electrons. The first-order chi connectivity index (χ1) is 15.1. The number of anilines is 2. The van der Waals surface area contributed by atoms with E-state index in [9.17, 15) is 18.0 Å². The first kappa shape index (κ1) is 23.9. The first-order valence-electron chi connectivity index (χ1n) is 10.2. The number of hydrogen-bond donors (Lipinski definition) is 2. The summed E-state index contributed by atoms with van der Waals surface area (Å²) >= 11 is 5.94. The molecule has 1 aliphatic heterocycles. The molecule has 2 N–H and O–H groups in total. The largest absolute Gasteiger partial charge is 0.366 e. The molecule has 2 aromatic carbocycles. The van der Waals surface area contributed by atoms with Gasteiger partial charge in [-0.2, -0.15) is 0 Å². The van der Waals surface area contributed by atoms with Gasteiger partial charge in [-0.05, 0) is 29.8 Å². The van der Waals surface area contributed by atoms with Crippen LogP contribution in [0.1, 0.15) is 12.5 Å². The van der Waals surface area contributed by atoms with Crippen molar-refractivity contribution in [3.63, 3.8) is 0 Å². The highest BCUT2D eigenvalue weighted by Crippen LogP contribution is 2.27. The summed E-state index contributed by atoms with van der Waals surface area (Å²) in [5.74, 6) is -0.408. The van der Waals surface area contributed by atoms with Crippen molar-refractivity contribution in [3.05, 3.63) is 59.1 Å². The molecule has 1 aliphatic rings. The van der Waals surface area contributed by atoms with Gasteiger partial charge in [0.1, 0.15) is 6.04 Å². The molecular formula is C22H27ClN4O4S. The van der Waals surface area contributed by atoms with Crippen molar-refractivity contribution in [2.75, 3.05) is 42.1 Å². The van der Waals surface area contributed by atoms with E-state index in [2.05, 4.69) is 10.0 Å². The number of rotatable bonds is 7. The minimum atomic E-state index is -3.41. The standard InChI is InChI=1S/C22H27ClN4O4S/c1-16(28)24-20(15-17-7-9-18(23)10-8-17)22(29)27-13-11-26(12-14-27)21-6-4-3-5-19(21)25-32(2,30)31/h3-10,20,25H,11-15H2,1-2H3,(H,24,28)/t20-/m1/s1. The third-order valence-corrected chi connectivity index (χ3v) is 6.00. The molecule has 1 heterocycles. The number of para-hydroxylation sites is 2. The number of benzene rings is 2. The van der Waals surface area contributed by atoms with Gasteiger partial charge in [-0.1, -0.05) is 35.9 Å². The van der Waals surface area contributed by atoms with Crippen LogP contribution < -0.4 is 14.9 Å². The molecule has 32 heavy (non-hydrogen) atoms. The molecule has 0 unspecified atom stereocenters. The average Bonchev–Trinajstić information content (AvgIpc) is 2.73. The van der Waals surface area contributed by atoms with E-state index in [0.717, 1.165) is 17.5 Å². The summed E-state index contributed by atoms with van der Waals surface area (Å²) in [6.07, 6.45) is 1.49. The van der Waals surface area contributed by atoms with E-state index in [1.165, 1.54) is 6.92 Å². The van der Waals surface area contributed by atoms with Crippen LogP contribution in [0.5, 0.6) is 0 Å². The number of halogens is 1. The van der Waals surface area contributed by atoms with Crippen LogP contribution in [0.4, 0.5) is 11.4 Å². The fraction of sp³-hybridized carbons (Fsp3) is 0.364. The van der Waals surface area contributed by atoms with Gasteiger partial charge in [-0.25, -0.2) is 8.42 Å². The number of nitrogens with zero attached hydrogens (tertiary/aromatic N) is 2. The van der Waals surface area contributed by atoms with Crippen molar-refractivity contribution in [2.45, 2.75) is 19.4 Å². The van der Waals surface area contributed by atoms with Crippen molar-refractivity contribution in [1.82, 2.24) is 10.2 Å². The third kappa shape index (κ3) is 6.61. The molecule has 10 heteroatoms. The summed E-state index contributed by atoms with van der Waals surface area (Å²) in [5, 5.41) is 3.37. The number of nitrogens with one attached hydrogen (secondary N) is 2. The highest BCUT2D eigenvalue weighted by Gasteiger charge is 2.29. The molecule has 1 atom stereocenters. The van der Waals surface area contributed by atoms with Gasteiger partial charge in [0, 0.05) is 44.5 Å². The predicted molar refractivity (Wildman–Crippen MR) is 126 cm³/mol. The van der Waals surface area contributed by atoms with E-state index in [1.807, 2.05) is 29.2 Å². The minimum absolute atomic E-state index is 0.141. The summed E-state index contributed by atoms with van der Waals surface area (Å²) in [6, 6.07) is 13.7. The average molecular weight is 479 g/mol. The van der Waals surface area contributed by atoms with Crippen molar-refractivity contribution < 1.29 is 18.0 Å². The van der Waals surface area contributed by atoms with Crippen molar-refractivity contribution in [2.24, 2.45) is 0 Å². The lowest BCUT2D eigenvalue weighted by molar-refractivity contribution is -0.136. The third-order valence-electron chi connectivity index (χ3n) is 5.16. The second kappa shape index (κ2) is 10.2. The summed E-state index contributed by atoms with van der Waals surface area (Å²) in [7, 11) is -3.41. The Morgan fingerprint density at radius 1 is 1.03 bits per heavy atom. The van der Waals surface area contributed by atoms with Gasteiger partial charge in [-0.15, -0.1) is 0 Å². The van der Waals surface area contributed by atoms with E-state index in [1.54, 1.807) is 29.2 Å². The SMILES string of the molecule is CC(=O)N[C@H](Cc1ccc(Cl)cc1)C(=O)N1CCN(c2ccccc2NS(C)(=O)=O)CC1. The second-order valence-electron chi connectivity index (χ2n) is 7.79. The molecule has 0 spiro atoms. The lowest BCUT2D eigenvalue weighted by Gasteiger charge is -2.38. The smallest absolute Gasteiger partial charge is 0.245 e. The molecule has 8 nitrogen and oxygen atoms in total. The van der Waals surface area contributed by atoms with Crippen molar-refractivity contribution >= 4 is 44.8 Å². The molecule has 0 aromatic heterocycles. The Labute approximate surface area is 193 Å². The Balaban J connectivity index is 1.68. The summed E-state index contributed by atoms with van der Waals surface area (Å²) in [5.41, 5.74) is 2.18. The van der Waals surface area contributed by atoms with Gasteiger partial charge in [0.15, 0.2) is 0 Å². The van der Waals surface area contributed by atoms with E-state index >= 15 is 0 Å². The number of sulfonamides is 1. The van der Waals surface area contributed by atoms with Crippen LogP contribution in [0.2, 0.25) is 5.02 Å². The maximum atomic E-state index is 13.2. The lowest BCUT2D eigenvalue weighted by Crippen LogP contribution is -2.55. The van der Waals surface area contributed by atoms with Crippen LogP contribution >= 0.6 is 11.6 Å². The molecule has 2 amide bonds. The highest BCUT2D eigenvalue weighted by molar-refractivity contribution is 7.92. The summed E-state index contributed by atoms with van der Waals surface area (Å²) in [4.78, 5) is 28.7. The van der Waals surface area contributed by atoms with Crippen molar-refractivity contribution in [1.29, 1.82) is 0 Å². The van der Waals surface area contributed by atoms with E-state index in [-0.39, 0.29) is 11.8 Å². The van der Waals surface area contributed by atoms with Gasteiger partial charge in [0.05, 0.1) is 17.6 Å². The molecular weight excluding hydrogens is 452 g/mol. The Morgan fingerprint density at radius 2 is 1.66 bits per heavy atom. The van der Waals surface area contributed by atoms with E-state index in [4.69, 9.17) is 11.6 Å². The molecule has 0 bridgehead atoms. The van der Waals surface area contributed by atoms with Crippen LogP contribution in [0, 0.1) is 0 Å². The molecule has 1 saturated heterocycles. The maximum Gasteiger partial charge on any atom is 0.245 e. The molecule has 2 aromatic rings. The zero-order chi connectivity index (χ0) is 23.3. The zero-order valence-electron chi connectivity index (χ0n) is 18.0. The molecule has 0 radical (unpaired) electrons. The highest BCUT2D eigenvalue weighted by atomic mass is 35.5. The molecule has 0 saturated carbocycles. The Kier molecular flexibility index (Phi) is 7.63. The topological polar surface area (TPSA) is 98.8 Å². The minimum Gasteiger partial charge on any atom is -0.366 e. The molecule has 1 fully saturated rings. The van der Waals surface area contributed by atoms with E-state index < -0.39 is 16.1 Å². The fourth-order valence-corrected chi connectivity index (χ4v) is 4.42. The van der Waals surface area contributed by atoms with E-state index in [0.29, 0.717) is 43.3 Å². The Hall–Kier alpha value is -2.78. The fourth-order valence-electron chi connectivity index (χ4n) is 3.73. The van der Waals surface area contributed by atoms with Gasteiger partial charge < -0.3 is 15.1 Å². The van der Waals surface area contributed by atoms with Crippen LogP contribution in [-0.4, -0.2) is 63.6 Å². The zero-order valence-corrected chi connectivity index (χ0v) is 19.6. The van der Waals surface area contributed by atoms with Crippen LogP contribution in [0.15, 0.2) is 48.5 Å². The predicted octanol–water partition coefficient (Wildman–Crippen LogP) is 2.11. The van der Waals surface area contributed by atoms with Gasteiger partial charge in [0.2, 0.25) is 21.8 Å². The molecule has 0 aliphatic carbocycles. The maximum absolute atomic E-state index is 13.2. The van der Waals surface area contributed by atoms with Gasteiger partial charge >= 0.3 is 0 Å². The first-order valence-corrected chi connectivity index (χ1v) is 12.5. The van der Waals surface area contributed by atoms with Crippen LogP contribution in [0.25, 0.3) is 0 Å². The van der Waals surface area contributed by atoms with Crippen LogP contribution in [-0.2, 0) is 26.0 Å². The number of carbonyl (C=O) groups excluding carboxylic acids is 2. The van der Waals surface area contributed by atoms with Crippen molar-refractivity contribution in [3.8, 4) is 0 Å². The summed E-state index contributed by atoms with van der Waals surface area (Å²) < 4.78 is 25.9. The number of amides is 2.